The predicted octanol–water partition coefficient (Wildman–Crippen LogP) is -0.503. The molecule has 1 saturated carbocycles. The van der Waals surface area contributed by atoms with E-state index in [1.165, 1.54) is 17.9 Å². The Labute approximate surface area is 204 Å². The summed E-state index contributed by atoms with van der Waals surface area (Å²) < 4.78 is 7.01. The number of ether oxygens (including phenoxy) is 1. The highest BCUT2D eigenvalue weighted by molar-refractivity contribution is 6.60. The number of carbonyl (C=O) groups excluding carboxylic acids is 2. The molecule has 35 heavy (non-hydrogen) atoms. The van der Waals surface area contributed by atoms with Crippen LogP contribution < -0.4 is 20.7 Å². The van der Waals surface area contributed by atoms with E-state index in [2.05, 4.69) is 36.5 Å². The molecular formula is C20H19B3N8O4. The van der Waals surface area contributed by atoms with Crippen molar-refractivity contribution in [1.82, 2.24) is 30.5 Å². The smallest absolute Gasteiger partial charge is 0.272 e. The Morgan fingerprint density at radius 3 is 2.60 bits per heavy atom. The third kappa shape index (κ3) is 5.80. The first kappa shape index (κ1) is 24.3. The molecule has 0 bridgehead atoms. The number of amides is 2. The van der Waals surface area contributed by atoms with Crippen molar-refractivity contribution in [2.45, 2.75) is 24.7 Å². The minimum Gasteiger partial charge on any atom is -0.492 e. The Morgan fingerprint density at radius 2 is 1.97 bits per heavy atom. The van der Waals surface area contributed by atoms with Crippen LogP contribution in [0.5, 0.6) is 5.75 Å². The van der Waals surface area contributed by atoms with E-state index in [1.807, 2.05) is 0 Å². The summed E-state index contributed by atoms with van der Waals surface area (Å²) in [4.78, 5) is 24.9. The fourth-order valence-electron chi connectivity index (χ4n) is 3.20. The minimum atomic E-state index is -2.00. The van der Waals surface area contributed by atoms with Gasteiger partial charge < -0.3 is 25.8 Å². The average molecular weight is 468 g/mol. The molecule has 1 aliphatic carbocycles. The van der Waals surface area contributed by atoms with Gasteiger partial charge in [0.15, 0.2) is 17.3 Å². The number of anilines is 3. The Morgan fingerprint density at radius 1 is 1.20 bits per heavy atom. The summed E-state index contributed by atoms with van der Waals surface area (Å²) in [5.74, 6) is -0.560. The van der Waals surface area contributed by atoms with Gasteiger partial charge in [-0.05, 0) is 25.0 Å². The van der Waals surface area contributed by atoms with Gasteiger partial charge in [-0.25, -0.2) is 4.68 Å². The van der Waals surface area contributed by atoms with Crippen LogP contribution in [0.25, 0.3) is 5.69 Å². The lowest BCUT2D eigenvalue weighted by Gasteiger charge is -2.23. The SMILES string of the molecule is [B]C([B])([B])NC(=O)c1nnc(NC(=O)C2CC2)cc1Nc1cccc(-n2cc(CO)nn2)c1OC. The molecule has 0 aliphatic heterocycles. The van der Waals surface area contributed by atoms with Crippen molar-refractivity contribution in [3.63, 3.8) is 0 Å². The van der Waals surface area contributed by atoms with Gasteiger partial charge in [0.2, 0.25) is 5.91 Å². The van der Waals surface area contributed by atoms with Crippen LogP contribution in [0, 0.1) is 5.92 Å². The van der Waals surface area contributed by atoms with E-state index >= 15 is 0 Å². The zero-order valence-electron chi connectivity index (χ0n) is 18.7. The molecule has 6 radical (unpaired) electrons. The highest BCUT2D eigenvalue weighted by Gasteiger charge is 2.30. The molecule has 2 heterocycles. The Bertz CT molecular complexity index is 1260. The van der Waals surface area contributed by atoms with Crippen molar-refractivity contribution in [3.05, 3.63) is 41.9 Å². The van der Waals surface area contributed by atoms with Crippen LogP contribution in [0.2, 0.25) is 0 Å². The fraction of sp³-hybridized carbons (Fsp3) is 0.300. The molecule has 12 nitrogen and oxygen atoms in total. The molecule has 3 aromatic rings. The molecule has 1 fully saturated rings. The fourth-order valence-corrected chi connectivity index (χ4v) is 3.20. The highest BCUT2D eigenvalue weighted by atomic mass is 16.5. The third-order valence-electron chi connectivity index (χ3n) is 4.96. The monoisotopic (exact) mass is 468 g/mol. The standard InChI is InChI=1S/C20H19B3N8O4/c1-35-17-12(3-2-4-14(17)31-8-11(9-32)27-30-31)24-13-7-15(25-18(33)10-5-6-10)28-29-16(13)19(34)26-20(21,22)23/h2-4,7-8,10,32H,5-6,9H2,1H3,(H,26,34)(H2,24,25,28,33). The van der Waals surface area contributed by atoms with Gasteiger partial charge in [0.1, 0.15) is 11.4 Å². The maximum Gasteiger partial charge on any atom is 0.272 e. The van der Waals surface area contributed by atoms with Crippen LogP contribution in [-0.4, -0.2) is 78.0 Å². The number of aromatic nitrogens is 5. The van der Waals surface area contributed by atoms with Gasteiger partial charge in [-0.15, -0.1) is 15.3 Å². The highest BCUT2D eigenvalue weighted by Crippen LogP contribution is 2.35. The number of nitrogens with zero attached hydrogens (tertiary/aromatic N) is 5. The molecule has 4 N–H and O–H groups in total. The summed E-state index contributed by atoms with van der Waals surface area (Å²) in [6.07, 6.45) is 3.16. The molecule has 0 saturated heterocycles. The largest absolute Gasteiger partial charge is 0.492 e. The number of hydrogen-bond acceptors (Lipinski definition) is 9. The second-order valence-electron chi connectivity index (χ2n) is 7.94. The average Bonchev–Trinajstić information content (AvgIpc) is 3.55. The molecular weight excluding hydrogens is 449 g/mol. The van der Waals surface area contributed by atoms with Crippen molar-refractivity contribution in [3.8, 4) is 11.4 Å². The van der Waals surface area contributed by atoms with E-state index in [1.54, 1.807) is 24.4 Å². The first-order chi connectivity index (χ1) is 16.7. The van der Waals surface area contributed by atoms with E-state index in [-0.39, 0.29) is 35.6 Å². The van der Waals surface area contributed by atoms with E-state index in [9.17, 15) is 14.7 Å². The van der Waals surface area contributed by atoms with Crippen LogP contribution in [0.4, 0.5) is 17.2 Å². The molecule has 0 spiro atoms. The maximum atomic E-state index is 12.7. The van der Waals surface area contributed by atoms with Crippen molar-refractivity contribution >= 4 is 52.5 Å². The number of carbonyl (C=O) groups is 2. The van der Waals surface area contributed by atoms with Gasteiger partial charge >= 0.3 is 0 Å². The summed E-state index contributed by atoms with van der Waals surface area (Å²) in [6, 6.07) is 6.58. The molecule has 0 atom stereocenters. The summed E-state index contributed by atoms with van der Waals surface area (Å²) in [6.45, 7) is -0.276. The van der Waals surface area contributed by atoms with Crippen LogP contribution >= 0.6 is 0 Å². The number of rotatable bonds is 9. The molecule has 1 aliphatic rings. The van der Waals surface area contributed by atoms with Crippen molar-refractivity contribution in [2.75, 3.05) is 17.7 Å². The van der Waals surface area contributed by atoms with Crippen molar-refractivity contribution in [2.24, 2.45) is 5.92 Å². The number of methoxy groups -OCH3 is 1. The maximum absolute atomic E-state index is 12.7. The lowest BCUT2D eigenvalue weighted by molar-refractivity contribution is -0.117. The second-order valence-corrected chi connectivity index (χ2v) is 7.94. The van der Waals surface area contributed by atoms with Crippen LogP contribution in [0.3, 0.4) is 0 Å². The second kappa shape index (κ2) is 9.78. The Balaban J connectivity index is 1.72. The molecule has 4 rings (SSSR count). The van der Waals surface area contributed by atoms with Crippen LogP contribution in [0.15, 0.2) is 30.5 Å². The zero-order valence-corrected chi connectivity index (χ0v) is 18.7. The summed E-state index contributed by atoms with van der Waals surface area (Å²) in [5.41, 5.74) is 1.28. The molecule has 2 amide bonds. The number of hydrogen-bond donors (Lipinski definition) is 4. The number of nitrogens with one attached hydrogen (secondary N) is 3. The molecule has 2 aromatic heterocycles. The van der Waals surface area contributed by atoms with Crippen LogP contribution in [-0.2, 0) is 11.4 Å². The van der Waals surface area contributed by atoms with E-state index in [0.29, 0.717) is 22.8 Å². The summed E-state index contributed by atoms with van der Waals surface area (Å²) >= 11 is 0. The van der Waals surface area contributed by atoms with Crippen molar-refractivity contribution in [1.29, 1.82) is 0 Å². The van der Waals surface area contributed by atoms with Gasteiger partial charge in [0.25, 0.3) is 5.91 Å². The summed E-state index contributed by atoms with van der Waals surface area (Å²) in [7, 11) is 18.0. The molecule has 15 heteroatoms. The first-order valence-electron chi connectivity index (χ1n) is 10.5. The number of aliphatic hydroxyl groups is 1. The lowest BCUT2D eigenvalue weighted by atomic mass is 9.49. The van der Waals surface area contributed by atoms with Gasteiger partial charge in [-0.2, -0.15) is 0 Å². The van der Waals surface area contributed by atoms with E-state index < -0.39 is 11.1 Å². The topological polar surface area (TPSA) is 156 Å². The zero-order chi connectivity index (χ0) is 25.2. The van der Waals surface area contributed by atoms with E-state index in [4.69, 9.17) is 28.3 Å². The van der Waals surface area contributed by atoms with Crippen molar-refractivity contribution < 1.29 is 19.4 Å². The normalized spacial score (nSPS) is 13.2. The quantitative estimate of drug-likeness (QED) is 0.304. The Kier molecular flexibility index (Phi) is 6.78. The molecule has 0 unspecified atom stereocenters. The number of aliphatic hydroxyl groups excluding tert-OH is 1. The number of para-hydroxylation sites is 1. The first-order valence-corrected chi connectivity index (χ1v) is 10.5. The third-order valence-corrected chi connectivity index (χ3v) is 4.96. The van der Waals surface area contributed by atoms with Crippen LogP contribution in [0.1, 0.15) is 29.0 Å². The lowest BCUT2D eigenvalue weighted by Crippen LogP contribution is -2.50. The molecule has 172 valence electrons. The molecule has 1 aromatic carbocycles. The minimum absolute atomic E-state index is 0.0632. The van der Waals surface area contributed by atoms with Gasteiger partial charge in [-0.1, -0.05) is 16.5 Å². The Hall–Kier alpha value is -3.87. The number of benzene rings is 1. The van der Waals surface area contributed by atoms with Gasteiger partial charge in [0.05, 0.1) is 54.8 Å². The van der Waals surface area contributed by atoms with E-state index in [0.717, 1.165) is 12.8 Å². The van der Waals surface area contributed by atoms with Gasteiger partial charge in [-0.3, -0.25) is 9.59 Å². The predicted molar refractivity (Wildman–Crippen MR) is 128 cm³/mol. The van der Waals surface area contributed by atoms with Gasteiger partial charge in [0, 0.05) is 12.0 Å². The summed E-state index contributed by atoms with van der Waals surface area (Å²) in [5, 5.41) is 31.0.